The lowest BCUT2D eigenvalue weighted by Gasteiger charge is -2.43. The van der Waals surface area contributed by atoms with Crippen molar-refractivity contribution < 1.29 is 28.8 Å². The van der Waals surface area contributed by atoms with Crippen LogP contribution in [0.25, 0.3) is 0 Å². The molecular weight excluding hydrogens is 264 g/mol. The van der Waals surface area contributed by atoms with Crippen LogP contribution < -0.4 is 0 Å². The Hall–Kier alpha value is -0.690. The van der Waals surface area contributed by atoms with Crippen molar-refractivity contribution in [2.24, 2.45) is 5.41 Å². The second-order valence-corrected chi connectivity index (χ2v) is 6.82. The van der Waals surface area contributed by atoms with Gasteiger partial charge >= 0.3 is 5.97 Å². The van der Waals surface area contributed by atoms with Gasteiger partial charge in [0.1, 0.15) is 24.4 Å². The van der Waals surface area contributed by atoms with E-state index in [1.54, 1.807) is 34.8 Å². The van der Waals surface area contributed by atoms with Crippen molar-refractivity contribution in [3.63, 3.8) is 0 Å². The Morgan fingerprint density at radius 3 is 2.50 bits per heavy atom. The zero-order chi connectivity index (χ0) is 15.2. The molecule has 0 aromatic rings. The summed E-state index contributed by atoms with van der Waals surface area (Å²) >= 11 is 0. The first kappa shape index (κ1) is 15.7. The van der Waals surface area contributed by atoms with Gasteiger partial charge in [-0.25, -0.2) is 0 Å². The monoisotopic (exact) mass is 288 g/mol. The molecule has 2 aliphatic rings. The average Bonchev–Trinajstić information content (AvgIpc) is 3.11. The predicted octanol–water partition coefficient (Wildman–Crippen LogP) is 0.857. The number of hydrogen-bond donors (Lipinski definition) is 1. The van der Waals surface area contributed by atoms with Crippen molar-refractivity contribution in [3.05, 3.63) is 0 Å². The molecule has 0 bridgehead atoms. The first-order valence-corrected chi connectivity index (χ1v) is 6.84. The number of hydrogen-bond acceptors (Lipinski definition) is 6. The van der Waals surface area contributed by atoms with Crippen LogP contribution in [0, 0.1) is 5.41 Å². The molecular formula is C14H24O6. The van der Waals surface area contributed by atoms with E-state index in [2.05, 4.69) is 0 Å². The fourth-order valence-electron chi connectivity index (χ4n) is 2.40. The van der Waals surface area contributed by atoms with Gasteiger partial charge in [0.05, 0.1) is 12.0 Å². The number of carbonyl (C=O) groups excluding carboxylic acids is 1. The largest absolute Gasteiger partial charge is 0.462 e. The predicted molar refractivity (Wildman–Crippen MR) is 70.0 cm³/mol. The number of esters is 1. The van der Waals surface area contributed by atoms with Crippen LogP contribution in [-0.2, 0) is 23.7 Å². The van der Waals surface area contributed by atoms with Gasteiger partial charge in [-0.1, -0.05) is 0 Å². The third-order valence-electron chi connectivity index (χ3n) is 3.85. The summed E-state index contributed by atoms with van der Waals surface area (Å²) in [4.78, 5) is 11.8. The third kappa shape index (κ3) is 2.98. The van der Waals surface area contributed by atoms with E-state index in [9.17, 15) is 9.90 Å². The molecule has 6 heteroatoms. The lowest BCUT2D eigenvalue weighted by molar-refractivity contribution is -0.301. The topological polar surface area (TPSA) is 77.5 Å². The van der Waals surface area contributed by atoms with Gasteiger partial charge in [0.25, 0.3) is 0 Å². The normalized spacial score (nSPS) is 40.7. The molecule has 0 aromatic heterocycles. The second-order valence-electron chi connectivity index (χ2n) is 6.82. The quantitative estimate of drug-likeness (QED) is 0.613. The molecule has 116 valence electrons. The Morgan fingerprint density at radius 1 is 1.45 bits per heavy atom. The summed E-state index contributed by atoms with van der Waals surface area (Å²) in [7, 11) is 1.55. The van der Waals surface area contributed by atoms with Crippen LogP contribution >= 0.6 is 0 Å². The van der Waals surface area contributed by atoms with E-state index >= 15 is 0 Å². The van der Waals surface area contributed by atoms with Gasteiger partial charge in [0.15, 0.2) is 5.79 Å². The summed E-state index contributed by atoms with van der Waals surface area (Å²) in [6, 6.07) is 0. The van der Waals surface area contributed by atoms with E-state index in [1.807, 2.05) is 0 Å². The maximum Gasteiger partial charge on any atom is 0.311 e. The SMILES string of the molecule is CO[C@]1(C)C[C@@]2(CO2)[C@H](O)[C@@H](COC(=O)C(C)(C)C)O1. The van der Waals surface area contributed by atoms with Gasteiger partial charge in [-0.05, 0) is 27.7 Å². The van der Waals surface area contributed by atoms with Crippen LogP contribution in [0.2, 0.25) is 0 Å². The van der Waals surface area contributed by atoms with E-state index < -0.39 is 29.0 Å². The molecule has 2 fully saturated rings. The van der Waals surface area contributed by atoms with Gasteiger partial charge in [-0.3, -0.25) is 4.79 Å². The van der Waals surface area contributed by atoms with Crippen molar-refractivity contribution in [1.82, 2.24) is 0 Å². The minimum atomic E-state index is -0.839. The molecule has 2 saturated heterocycles. The van der Waals surface area contributed by atoms with Crippen molar-refractivity contribution >= 4 is 5.97 Å². The molecule has 0 amide bonds. The average molecular weight is 288 g/mol. The minimum Gasteiger partial charge on any atom is -0.462 e. The zero-order valence-electron chi connectivity index (χ0n) is 12.8. The number of rotatable bonds is 3. The highest BCUT2D eigenvalue weighted by atomic mass is 16.7. The van der Waals surface area contributed by atoms with Gasteiger partial charge in [0, 0.05) is 13.5 Å². The van der Waals surface area contributed by atoms with Crippen LogP contribution in [0.3, 0.4) is 0 Å². The summed E-state index contributed by atoms with van der Waals surface area (Å²) in [5.41, 5.74) is -1.21. The van der Waals surface area contributed by atoms with E-state index in [0.717, 1.165) is 0 Å². The molecule has 0 radical (unpaired) electrons. The van der Waals surface area contributed by atoms with E-state index in [-0.39, 0.29) is 12.6 Å². The first-order chi connectivity index (χ1) is 9.12. The zero-order valence-corrected chi connectivity index (χ0v) is 12.8. The number of aliphatic hydroxyl groups excluding tert-OH is 1. The fourth-order valence-corrected chi connectivity index (χ4v) is 2.40. The Balaban J connectivity index is 2.01. The standard InChI is InChI=1S/C14H24O6/c1-12(2,3)11(16)18-6-9-10(15)14(8-19-14)7-13(4,17-5)20-9/h9-10,15H,6-8H2,1-5H3/t9-,10-,13+,14-/m1/s1. The van der Waals surface area contributed by atoms with Gasteiger partial charge in [0.2, 0.25) is 0 Å². The Kier molecular flexibility index (Phi) is 3.88. The molecule has 2 rings (SSSR count). The summed E-state index contributed by atoms with van der Waals surface area (Å²) in [5, 5.41) is 10.3. The molecule has 0 unspecified atom stereocenters. The molecule has 2 heterocycles. The van der Waals surface area contributed by atoms with Crippen LogP contribution in [0.4, 0.5) is 0 Å². The lowest BCUT2D eigenvalue weighted by atomic mass is 9.88. The minimum absolute atomic E-state index is 0.0126. The first-order valence-electron chi connectivity index (χ1n) is 6.84. The molecule has 20 heavy (non-hydrogen) atoms. The van der Waals surface area contributed by atoms with Crippen molar-refractivity contribution in [3.8, 4) is 0 Å². The van der Waals surface area contributed by atoms with Crippen LogP contribution in [0.15, 0.2) is 0 Å². The second kappa shape index (κ2) is 4.94. The highest BCUT2D eigenvalue weighted by Gasteiger charge is 2.62. The van der Waals surface area contributed by atoms with E-state index in [4.69, 9.17) is 18.9 Å². The molecule has 0 aromatic carbocycles. The Labute approximate surface area is 119 Å². The van der Waals surface area contributed by atoms with Gasteiger partial charge in [-0.2, -0.15) is 0 Å². The van der Waals surface area contributed by atoms with E-state index in [0.29, 0.717) is 13.0 Å². The number of aliphatic hydroxyl groups is 1. The fraction of sp³-hybridized carbons (Fsp3) is 0.929. The molecule has 0 aliphatic carbocycles. The van der Waals surface area contributed by atoms with Gasteiger partial charge in [-0.15, -0.1) is 0 Å². The highest BCUT2D eigenvalue weighted by molar-refractivity contribution is 5.75. The number of carbonyl (C=O) groups is 1. The molecule has 1 spiro atoms. The Morgan fingerprint density at radius 2 is 2.05 bits per heavy atom. The maximum absolute atomic E-state index is 11.8. The number of methoxy groups -OCH3 is 1. The van der Waals surface area contributed by atoms with Crippen molar-refractivity contribution in [2.75, 3.05) is 20.3 Å². The Bertz CT molecular complexity index is 384. The number of epoxide rings is 1. The summed E-state index contributed by atoms with van der Waals surface area (Å²) in [6.07, 6.45) is -1.01. The van der Waals surface area contributed by atoms with Gasteiger partial charge < -0.3 is 24.1 Å². The smallest absolute Gasteiger partial charge is 0.311 e. The van der Waals surface area contributed by atoms with Crippen LogP contribution in [0.1, 0.15) is 34.1 Å². The molecule has 0 saturated carbocycles. The lowest BCUT2D eigenvalue weighted by Crippen LogP contribution is -2.57. The van der Waals surface area contributed by atoms with E-state index in [1.165, 1.54) is 0 Å². The molecule has 6 nitrogen and oxygen atoms in total. The van der Waals surface area contributed by atoms with Crippen molar-refractivity contribution in [2.45, 2.75) is 57.7 Å². The van der Waals surface area contributed by atoms with Crippen LogP contribution in [-0.4, -0.2) is 55.0 Å². The molecule has 1 N–H and O–H groups in total. The molecule has 4 atom stereocenters. The third-order valence-corrected chi connectivity index (χ3v) is 3.85. The number of ether oxygens (including phenoxy) is 4. The van der Waals surface area contributed by atoms with Crippen molar-refractivity contribution in [1.29, 1.82) is 0 Å². The summed E-state index contributed by atoms with van der Waals surface area (Å²) in [6.45, 7) is 7.58. The maximum atomic E-state index is 11.8. The summed E-state index contributed by atoms with van der Waals surface area (Å²) in [5.74, 6) is -1.17. The highest BCUT2D eigenvalue weighted by Crippen LogP contribution is 2.46. The molecule has 2 aliphatic heterocycles. The summed E-state index contributed by atoms with van der Waals surface area (Å²) < 4.78 is 21.7. The van der Waals surface area contributed by atoms with Crippen LogP contribution in [0.5, 0.6) is 0 Å².